The molecule has 9 nitrogen and oxygen atoms in total. The number of carbonyl (C=O) groups is 2. The summed E-state index contributed by atoms with van der Waals surface area (Å²) in [6, 6.07) is 19.5. The van der Waals surface area contributed by atoms with Crippen molar-refractivity contribution < 1.29 is 19.6 Å². The lowest BCUT2D eigenvalue weighted by atomic mass is 9.76. The molecular formula is C26H38BN5O4. The largest absolute Gasteiger partial charge is 0.475 e. The van der Waals surface area contributed by atoms with E-state index in [1.165, 1.54) is 0 Å². The van der Waals surface area contributed by atoms with E-state index in [1.54, 1.807) is 4.90 Å². The van der Waals surface area contributed by atoms with Crippen molar-refractivity contribution in [2.45, 2.75) is 50.9 Å². The van der Waals surface area contributed by atoms with Crippen molar-refractivity contribution in [1.29, 1.82) is 0 Å². The lowest BCUT2D eigenvalue weighted by molar-refractivity contribution is -0.136. The van der Waals surface area contributed by atoms with Gasteiger partial charge >= 0.3 is 7.12 Å². The predicted octanol–water partition coefficient (Wildman–Crippen LogP) is 0.976. The van der Waals surface area contributed by atoms with E-state index in [4.69, 9.17) is 11.5 Å². The Morgan fingerprint density at radius 3 is 2.25 bits per heavy atom. The number of hydrogen-bond acceptors (Lipinski definition) is 5. The lowest BCUT2D eigenvalue weighted by Crippen LogP contribution is -2.52. The SMILES string of the molecule is CC(C)(CN(CC(=O)NC(CCCN=C(N)N)B(O)O)C(=O)CCc1ccccc1)c1ccccc1. The fourth-order valence-corrected chi connectivity index (χ4v) is 3.98. The Balaban J connectivity index is 2.10. The zero-order valence-corrected chi connectivity index (χ0v) is 21.1. The molecule has 0 saturated heterocycles. The minimum atomic E-state index is -1.75. The molecule has 0 bridgehead atoms. The summed E-state index contributed by atoms with van der Waals surface area (Å²) in [6.45, 7) is 4.50. The zero-order chi connectivity index (χ0) is 26.6. The smallest absolute Gasteiger partial charge is 0.426 e. The van der Waals surface area contributed by atoms with Crippen LogP contribution in [-0.4, -0.2) is 65.4 Å². The van der Waals surface area contributed by atoms with Crippen LogP contribution in [0.3, 0.4) is 0 Å². The highest BCUT2D eigenvalue weighted by atomic mass is 16.4. The van der Waals surface area contributed by atoms with Gasteiger partial charge in [-0.05, 0) is 30.4 Å². The second kappa shape index (κ2) is 14.3. The van der Waals surface area contributed by atoms with Gasteiger partial charge in [0.05, 0.1) is 12.5 Å². The van der Waals surface area contributed by atoms with Gasteiger partial charge in [0.2, 0.25) is 11.8 Å². The van der Waals surface area contributed by atoms with Crippen LogP contribution in [0.5, 0.6) is 0 Å². The normalized spacial score (nSPS) is 11.9. The van der Waals surface area contributed by atoms with Gasteiger partial charge in [0.25, 0.3) is 0 Å². The highest BCUT2D eigenvalue weighted by Crippen LogP contribution is 2.24. The van der Waals surface area contributed by atoms with E-state index in [0.717, 1.165) is 11.1 Å². The molecule has 1 atom stereocenters. The Morgan fingerprint density at radius 2 is 1.67 bits per heavy atom. The Bertz CT molecular complexity index is 982. The average Bonchev–Trinajstić information content (AvgIpc) is 2.84. The Hall–Kier alpha value is -3.37. The van der Waals surface area contributed by atoms with E-state index in [1.807, 2.05) is 74.5 Å². The molecule has 0 fully saturated rings. The molecule has 2 amide bonds. The van der Waals surface area contributed by atoms with Gasteiger partial charge in [-0.2, -0.15) is 0 Å². The summed E-state index contributed by atoms with van der Waals surface area (Å²) in [4.78, 5) is 31.6. The maximum Gasteiger partial charge on any atom is 0.475 e. The highest BCUT2D eigenvalue weighted by Gasteiger charge is 2.30. The van der Waals surface area contributed by atoms with E-state index >= 15 is 0 Å². The number of nitrogens with two attached hydrogens (primary N) is 2. The molecule has 2 aromatic rings. The first-order valence-electron chi connectivity index (χ1n) is 12.2. The maximum absolute atomic E-state index is 13.3. The van der Waals surface area contributed by atoms with Crippen LogP contribution >= 0.6 is 0 Å². The van der Waals surface area contributed by atoms with Crippen LogP contribution in [0.2, 0.25) is 0 Å². The first-order valence-corrected chi connectivity index (χ1v) is 12.2. The van der Waals surface area contributed by atoms with Crippen LogP contribution in [0.4, 0.5) is 0 Å². The van der Waals surface area contributed by atoms with Crippen LogP contribution in [0.15, 0.2) is 65.7 Å². The third kappa shape index (κ3) is 10.1. The van der Waals surface area contributed by atoms with E-state index in [9.17, 15) is 19.6 Å². The monoisotopic (exact) mass is 495 g/mol. The molecule has 0 spiro atoms. The van der Waals surface area contributed by atoms with Crippen molar-refractivity contribution in [3.63, 3.8) is 0 Å². The molecule has 2 rings (SSSR count). The number of aliphatic imine (C=N–C) groups is 1. The van der Waals surface area contributed by atoms with Crippen molar-refractivity contribution in [1.82, 2.24) is 10.2 Å². The summed E-state index contributed by atoms with van der Waals surface area (Å²) in [5, 5.41) is 22.1. The predicted molar refractivity (Wildman–Crippen MR) is 143 cm³/mol. The van der Waals surface area contributed by atoms with Crippen molar-refractivity contribution in [2.24, 2.45) is 16.5 Å². The second-order valence-corrected chi connectivity index (χ2v) is 9.52. The van der Waals surface area contributed by atoms with E-state index < -0.39 is 24.4 Å². The summed E-state index contributed by atoms with van der Waals surface area (Å²) < 4.78 is 0. The topological polar surface area (TPSA) is 154 Å². The quantitative estimate of drug-likeness (QED) is 0.114. The first-order chi connectivity index (χ1) is 17.1. The third-order valence-corrected chi connectivity index (χ3v) is 5.97. The van der Waals surface area contributed by atoms with Crippen LogP contribution in [0.25, 0.3) is 0 Å². The molecule has 1 unspecified atom stereocenters. The summed E-state index contributed by atoms with van der Waals surface area (Å²) in [7, 11) is -1.75. The minimum absolute atomic E-state index is 0.0502. The summed E-state index contributed by atoms with van der Waals surface area (Å²) >= 11 is 0. The molecule has 194 valence electrons. The van der Waals surface area contributed by atoms with E-state index in [2.05, 4.69) is 10.3 Å². The molecule has 2 aromatic carbocycles. The number of rotatable bonds is 14. The number of nitrogens with zero attached hydrogens (tertiary/aromatic N) is 2. The molecule has 0 aliphatic carbocycles. The van der Waals surface area contributed by atoms with E-state index in [-0.39, 0.29) is 31.3 Å². The fraction of sp³-hybridized carbons (Fsp3) is 0.423. The van der Waals surface area contributed by atoms with Crippen LogP contribution in [0, 0.1) is 0 Å². The standard InChI is InChI=1S/C26H38BN5O4/c1-26(2,21-12-7-4-8-13-21)19-32(24(34)16-15-20-10-5-3-6-11-20)18-23(33)31-22(27(35)36)14-9-17-30-25(28)29/h3-8,10-13,22,35-36H,9,14-19H2,1-2H3,(H,31,33)(H4,28,29,30). The summed E-state index contributed by atoms with van der Waals surface area (Å²) in [5.74, 6) is -1.57. The molecule has 0 saturated carbocycles. The van der Waals surface area contributed by atoms with Gasteiger partial charge < -0.3 is 31.7 Å². The molecular weight excluding hydrogens is 457 g/mol. The van der Waals surface area contributed by atoms with Crippen LogP contribution < -0.4 is 16.8 Å². The van der Waals surface area contributed by atoms with Crippen molar-refractivity contribution >= 4 is 24.9 Å². The second-order valence-electron chi connectivity index (χ2n) is 9.52. The molecule has 0 aromatic heterocycles. The highest BCUT2D eigenvalue weighted by molar-refractivity contribution is 6.43. The molecule has 10 heteroatoms. The molecule has 0 radical (unpaired) electrons. The van der Waals surface area contributed by atoms with Gasteiger partial charge in [0.15, 0.2) is 5.96 Å². The van der Waals surface area contributed by atoms with Crippen molar-refractivity contribution in [3.05, 3.63) is 71.8 Å². The lowest BCUT2D eigenvalue weighted by Gasteiger charge is -2.33. The summed E-state index contributed by atoms with van der Waals surface area (Å²) in [5.41, 5.74) is 12.3. The molecule has 36 heavy (non-hydrogen) atoms. The maximum atomic E-state index is 13.3. The van der Waals surface area contributed by atoms with Gasteiger partial charge in [-0.3, -0.25) is 14.6 Å². The minimum Gasteiger partial charge on any atom is -0.426 e. The number of hydrogen-bond donors (Lipinski definition) is 5. The molecule has 0 aliphatic rings. The molecule has 7 N–H and O–H groups in total. The number of aryl methyl sites for hydroxylation is 1. The van der Waals surface area contributed by atoms with Crippen LogP contribution in [0.1, 0.15) is 44.2 Å². The van der Waals surface area contributed by atoms with Gasteiger partial charge in [0, 0.05) is 24.9 Å². The third-order valence-electron chi connectivity index (χ3n) is 5.97. The Labute approximate surface area is 213 Å². The Morgan fingerprint density at radius 1 is 1.06 bits per heavy atom. The van der Waals surface area contributed by atoms with Crippen LogP contribution in [-0.2, 0) is 21.4 Å². The van der Waals surface area contributed by atoms with Crippen molar-refractivity contribution in [2.75, 3.05) is 19.6 Å². The fourth-order valence-electron chi connectivity index (χ4n) is 3.98. The van der Waals surface area contributed by atoms with Gasteiger partial charge in [-0.1, -0.05) is 74.5 Å². The van der Waals surface area contributed by atoms with Gasteiger partial charge in [-0.15, -0.1) is 0 Å². The number of guanidine groups is 1. The first kappa shape index (κ1) is 28.9. The molecule has 0 aliphatic heterocycles. The van der Waals surface area contributed by atoms with Gasteiger partial charge in [0.1, 0.15) is 0 Å². The van der Waals surface area contributed by atoms with Crippen molar-refractivity contribution in [3.8, 4) is 0 Å². The number of carbonyl (C=O) groups excluding carboxylic acids is 2. The number of benzene rings is 2. The average molecular weight is 495 g/mol. The molecule has 0 heterocycles. The van der Waals surface area contributed by atoms with E-state index in [0.29, 0.717) is 25.9 Å². The Kier molecular flexibility index (Phi) is 11.4. The summed E-state index contributed by atoms with van der Waals surface area (Å²) in [6.07, 6.45) is 1.53. The number of amides is 2. The van der Waals surface area contributed by atoms with Gasteiger partial charge in [-0.25, -0.2) is 0 Å². The zero-order valence-electron chi connectivity index (χ0n) is 21.1. The number of nitrogens with one attached hydrogen (secondary N) is 1.